The summed E-state index contributed by atoms with van der Waals surface area (Å²) in [5, 5.41) is 3.61. The number of unbranched alkanes of at least 4 members (excludes halogenated alkanes) is 2. The van der Waals surface area contributed by atoms with Gasteiger partial charge in [0, 0.05) is 32.3 Å². The maximum atomic E-state index is 5.66. The third-order valence-electron chi connectivity index (χ3n) is 3.89. The summed E-state index contributed by atoms with van der Waals surface area (Å²) in [5.74, 6) is 0.885. The van der Waals surface area contributed by atoms with E-state index in [0.29, 0.717) is 6.04 Å². The molecule has 1 rings (SSSR count). The second-order valence-corrected chi connectivity index (χ2v) is 6.17. The van der Waals surface area contributed by atoms with Crippen LogP contribution in [0.25, 0.3) is 0 Å². The first-order chi connectivity index (χ1) is 9.22. The summed E-state index contributed by atoms with van der Waals surface area (Å²) in [4.78, 5) is 2.36. The predicted octanol–water partition coefficient (Wildman–Crippen LogP) is 2.90. The van der Waals surface area contributed by atoms with Crippen LogP contribution in [0.1, 0.15) is 52.4 Å². The molecule has 0 aromatic rings. The maximum Gasteiger partial charge on any atom is 0.0593 e. The van der Waals surface area contributed by atoms with Crippen molar-refractivity contribution in [2.45, 2.75) is 58.4 Å². The Morgan fingerprint density at radius 2 is 2.05 bits per heavy atom. The lowest BCUT2D eigenvalue weighted by molar-refractivity contribution is 0.103. The Balaban J connectivity index is 1.83. The van der Waals surface area contributed by atoms with E-state index in [9.17, 15) is 0 Å². The Bertz CT molecular complexity index is 207. The number of hydrogen-bond acceptors (Lipinski definition) is 3. The Morgan fingerprint density at radius 3 is 2.74 bits per heavy atom. The normalized spacial score (nSPS) is 17.1. The lowest BCUT2D eigenvalue weighted by atomic mass is 10.1. The van der Waals surface area contributed by atoms with E-state index in [1.807, 2.05) is 0 Å². The molecule has 0 amide bonds. The van der Waals surface area contributed by atoms with Crippen LogP contribution in [0.3, 0.4) is 0 Å². The first-order valence-corrected chi connectivity index (χ1v) is 8.22. The number of ether oxygens (including phenoxy) is 1. The quantitative estimate of drug-likeness (QED) is 0.521. The predicted molar refractivity (Wildman–Crippen MR) is 82.6 cm³/mol. The molecule has 0 radical (unpaired) electrons. The van der Waals surface area contributed by atoms with Crippen molar-refractivity contribution in [3.05, 3.63) is 0 Å². The molecule has 0 saturated heterocycles. The number of nitrogens with zero attached hydrogens (tertiary/aromatic N) is 1. The molecule has 1 N–H and O–H groups in total. The van der Waals surface area contributed by atoms with Gasteiger partial charge >= 0.3 is 0 Å². The summed E-state index contributed by atoms with van der Waals surface area (Å²) >= 11 is 0. The molecule has 1 atom stereocenters. The molecular formula is C16H34N2O. The summed E-state index contributed by atoms with van der Waals surface area (Å²) in [7, 11) is 2.18. The molecule has 3 nitrogen and oxygen atoms in total. The zero-order chi connectivity index (χ0) is 13.9. The van der Waals surface area contributed by atoms with Gasteiger partial charge in [-0.25, -0.2) is 0 Å². The van der Waals surface area contributed by atoms with Crippen LogP contribution >= 0.6 is 0 Å². The fraction of sp³-hybridized carbons (Fsp3) is 1.00. The van der Waals surface area contributed by atoms with Gasteiger partial charge in [0.25, 0.3) is 0 Å². The van der Waals surface area contributed by atoms with Gasteiger partial charge in [0.15, 0.2) is 0 Å². The number of rotatable bonds is 13. The highest BCUT2D eigenvalue weighted by atomic mass is 16.5. The van der Waals surface area contributed by atoms with Crippen LogP contribution in [0.2, 0.25) is 0 Å². The monoisotopic (exact) mass is 270 g/mol. The van der Waals surface area contributed by atoms with E-state index >= 15 is 0 Å². The van der Waals surface area contributed by atoms with Crippen LogP contribution in [0.4, 0.5) is 0 Å². The summed E-state index contributed by atoms with van der Waals surface area (Å²) < 4.78 is 5.66. The molecule has 0 aromatic carbocycles. The Labute approximate surface area is 120 Å². The molecule has 1 fully saturated rings. The van der Waals surface area contributed by atoms with Gasteiger partial charge in [-0.3, -0.25) is 0 Å². The largest absolute Gasteiger partial charge is 0.380 e. The van der Waals surface area contributed by atoms with Crippen molar-refractivity contribution in [3.8, 4) is 0 Å². The topological polar surface area (TPSA) is 24.5 Å². The molecule has 0 heterocycles. The smallest absolute Gasteiger partial charge is 0.0593 e. The molecule has 1 aliphatic carbocycles. The fourth-order valence-electron chi connectivity index (χ4n) is 2.17. The van der Waals surface area contributed by atoms with Crippen LogP contribution in [-0.2, 0) is 4.74 Å². The van der Waals surface area contributed by atoms with Gasteiger partial charge in [-0.1, -0.05) is 26.2 Å². The van der Waals surface area contributed by atoms with Gasteiger partial charge in [-0.2, -0.15) is 0 Å². The summed E-state index contributed by atoms with van der Waals surface area (Å²) in [6, 6.07) is 0.658. The van der Waals surface area contributed by atoms with E-state index < -0.39 is 0 Å². The first-order valence-electron chi connectivity index (χ1n) is 8.22. The Hall–Kier alpha value is -0.120. The molecule has 3 heteroatoms. The van der Waals surface area contributed by atoms with E-state index in [4.69, 9.17) is 4.74 Å². The standard InChI is InChI=1S/C16H34N2O/c1-4-5-6-7-15(2)17-10-11-18(3)12-13-19-14-16-8-9-16/h15-17H,4-14H2,1-3H3. The molecule has 19 heavy (non-hydrogen) atoms. The number of hydrogen-bond donors (Lipinski definition) is 1. The van der Waals surface area contributed by atoms with Crippen LogP contribution in [0.5, 0.6) is 0 Å². The van der Waals surface area contributed by atoms with Crippen molar-refractivity contribution >= 4 is 0 Å². The Kier molecular flexibility index (Phi) is 9.48. The summed E-state index contributed by atoms with van der Waals surface area (Å²) in [6.45, 7) is 9.70. The molecule has 1 saturated carbocycles. The third-order valence-corrected chi connectivity index (χ3v) is 3.89. The molecule has 0 spiro atoms. The van der Waals surface area contributed by atoms with Crippen molar-refractivity contribution in [2.24, 2.45) is 5.92 Å². The highest BCUT2D eigenvalue weighted by molar-refractivity contribution is 4.72. The lowest BCUT2D eigenvalue weighted by Gasteiger charge is -2.19. The van der Waals surface area contributed by atoms with E-state index in [-0.39, 0.29) is 0 Å². The van der Waals surface area contributed by atoms with Crippen molar-refractivity contribution in [1.29, 1.82) is 0 Å². The zero-order valence-corrected chi connectivity index (χ0v) is 13.3. The van der Waals surface area contributed by atoms with Gasteiger partial charge in [-0.05, 0) is 39.2 Å². The van der Waals surface area contributed by atoms with Crippen molar-refractivity contribution < 1.29 is 4.74 Å². The average Bonchev–Trinajstić information content (AvgIpc) is 3.19. The minimum absolute atomic E-state index is 0.658. The fourth-order valence-corrected chi connectivity index (χ4v) is 2.17. The molecule has 0 aliphatic heterocycles. The van der Waals surface area contributed by atoms with Gasteiger partial charge < -0.3 is 15.0 Å². The molecule has 114 valence electrons. The second-order valence-electron chi connectivity index (χ2n) is 6.17. The minimum Gasteiger partial charge on any atom is -0.380 e. The van der Waals surface area contributed by atoms with E-state index in [0.717, 1.165) is 38.8 Å². The maximum absolute atomic E-state index is 5.66. The van der Waals surface area contributed by atoms with Gasteiger partial charge in [0.05, 0.1) is 6.61 Å². The van der Waals surface area contributed by atoms with Gasteiger partial charge in [-0.15, -0.1) is 0 Å². The van der Waals surface area contributed by atoms with E-state index in [1.165, 1.54) is 38.5 Å². The van der Waals surface area contributed by atoms with E-state index in [1.54, 1.807) is 0 Å². The summed E-state index contributed by atoms with van der Waals surface area (Å²) in [6.07, 6.45) is 8.11. The van der Waals surface area contributed by atoms with Crippen molar-refractivity contribution in [2.75, 3.05) is 39.9 Å². The van der Waals surface area contributed by atoms with Crippen LogP contribution in [0.15, 0.2) is 0 Å². The lowest BCUT2D eigenvalue weighted by Crippen LogP contribution is -2.35. The number of likely N-dealkylation sites (N-methyl/N-ethyl adjacent to an activating group) is 1. The SMILES string of the molecule is CCCCCC(C)NCCN(C)CCOCC1CC1. The first kappa shape index (κ1) is 16.9. The Morgan fingerprint density at radius 1 is 1.26 bits per heavy atom. The third kappa shape index (κ3) is 10.3. The van der Waals surface area contributed by atoms with Gasteiger partial charge in [0.2, 0.25) is 0 Å². The zero-order valence-electron chi connectivity index (χ0n) is 13.3. The molecular weight excluding hydrogens is 236 g/mol. The van der Waals surface area contributed by atoms with Crippen LogP contribution < -0.4 is 5.32 Å². The van der Waals surface area contributed by atoms with Gasteiger partial charge in [0.1, 0.15) is 0 Å². The highest BCUT2D eigenvalue weighted by Gasteiger charge is 2.20. The second kappa shape index (κ2) is 10.6. The minimum atomic E-state index is 0.658. The van der Waals surface area contributed by atoms with Crippen LogP contribution in [0, 0.1) is 5.92 Å². The molecule has 1 unspecified atom stereocenters. The number of nitrogens with one attached hydrogen (secondary N) is 1. The molecule has 1 aliphatic rings. The highest BCUT2D eigenvalue weighted by Crippen LogP contribution is 2.28. The molecule has 0 aromatic heterocycles. The average molecular weight is 270 g/mol. The summed E-state index contributed by atoms with van der Waals surface area (Å²) in [5.41, 5.74) is 0. The van der Waals surface area contributed by atoms with Crippen molar-refractivity contribution in [1.82, 2.24) is 10.2 Å². The van der Waals surface area contributed by atoms with E-state index in [2.05, 4.69) is 31.1 Å². The van der Waals surface area contributed by atoms with Crippen LogP contribution in [-0.4, -0.2) is 50.8 Å². The van der Waals surface area contributed by atoms with Crippen molar-refractivity contribution in [3.63, 3.8) is 0 Å². The molecule has 0 bridgehead atoms.